The van der Waals surface area contributed by atoms with Crippen LogP contribution in [0.1, 0.15) is 32.1 Å². The molecule has 0 bridgehead atoms. The molecule has 0 spiro atoms. The number of nitrogens with zero attached hydrogens (tertiary/aromatic N) is 4. The van der Waals surface area contributed by atoms with Gasteiger partial charge >= 0.3 is 0 Å². The van der Waals surface area contributed by atoms with Gasteiger partial charge in [0.05, 0.1) is 12.3 Å². The van der Waals surface area contributed by atoms with Gasteiger partial charge < -0.3 is 15.0 Å². The largest absolute Gasteiger partial charge is 0.492 e. The first-order valence-corrected chi connectivity index (χ1v) is 12.9. The van der Waals surface area contributed by atoms with Crippen molar-refractivity contribution < 1.29 is 13.9 Å². The molecular formula is C27H25FN6O2S. The molecule has 188 valence electrons. The second-order valence-electron chi connectivity index (χ2n) is 9.18. The van der Waals surface area contributed by atoms with Crippen LogP contribution in [0.4, 0.5) is 15.3 Å². The number of aromatic nitrogens is 3. The number of amides is 1. The number of carbonyl (C=O) groups excluding carboxylic acids is 1. The number of anilines is 2. The topological polar surface area (TPSA) is 92.3 Å². The maximum atomic E-state index is 13.7. The van der Waals surface area contributed by atoms with E-state index >= 15 is 0 Å². The van der Waals surface area contributed by atoms with E-state index in [2.05, 4.69) is 37.5 Å². The Labute approximate surface area is 217 Å². The summed E-state index contributed by atoms with van der Waals surface area (Å²) in [5, 5.41) is 6.98. The van der Waals surface area contributed by atoms with Gasteiger partial charge in [0.25, 0.3) is 5.91 Å². The molecule has 2 aliphatic rings. The van der Waals surface area contributed by atoms with Crippen LogP contribution in [-0.4, -0.2) is 46.0 Å². The summed E-state index contributed by atoms with van der Waals surface area (Å²) < 4.78 is 19.5. The Morgan fingerprint density at radius 3 is 3.03 bits per heavy atom. The molecular weight excluding hydrogens is 491 g/mol. The number of likely N-dealkylation sites (N-methyl/N-ethyl adjacent to an activating group) is 1. The quantitative estimate of drug-likeness (QED) is 0.364. The molecule has 8 nitrogen and oxygen atoms in total. The SMILES string of the molecule is CN1CCc2nc(NC(=O)c3cccc(CNc4ncc(-c5ccnc(F)c5)c5c4CCO5)c3)sc2C1. The normalized spacial score (nSPS) is 14.5. The van der Waals surface area contributed by atoms with Crippen LogP contribution in [0.3, 0.4) is 0 Å². The van der Waals surface area contributed by atoms with E-state index in [1.54, 1.807) is 29.7 Å². The molecule has 6 rings (SSSR count). The van der Waals surface area contributed by atoms with Gasteiger partial charge in [-0.2, -0.15) is 4.39 Å². The smallest absolute Gasteiger partial charge is 0.257 e. The van der Waals surface area contributed by atoms with Gasteiger partial charge in [0.2, 0.25) is 5.95 Å². The lowest BCUT2D eigenvalue weighted by Crippen LogP contribution is -2.25. The van der Waals surface area contributed by atoms with Crippen molar-refractivity contribution in [2.24, 2.45) is 0 Å². The van der Waals surface area contributed by atoms with E-state index in [0.29, 0.717) is 41.6 Å². The first-order valence-electron chi connectivity index (χ1n) is 12.1. The van der Waals surface area contributed by atoms with Crippen LogP contribution >= 0.6 is 11.3 Å². The van der Waals surface area contributed by atoms with Crippen molar-refractivity contribution in [3.05, 3.63) is 82.0 Å². The molecule has 1 amide bonds. The maximum Gasteiger partial charge on any atom is 0.257 e. The Hall–Kier alpha value is -3.89. The highest BCUT2D eigenvalue weighted by molar-refractivity contribution is 7.15. The fourth-order valence-corrected chi connectivity index (χ4v) is 5.75. The summed E-state index contributed by atoms with van der Waals surface area (Å²) in [4.78, 5) is 29.2. The lowest BCUT2D eigenvalue weighted by molar-refractivity contribution is 0.102. The standard InChI is InChI=1S/C27H25FN6O2S/c1-34-9-6-21-22(15-34)37-27(32-21)33-26(35)18-4-2-3-16(11-18)13-30-25-19-7-10-36-24(19)20(14-31-25)17-5-8-29-23(28)12-17/h2-5,8,11-12,14H,6-7,9-10,13,15H2,1H3,(H,30,31)(H,32,33,35). The minimum absolute atomic E-state index is 0.178. The van der Waals surface area contributed by atoms with Crippen molar-refractivity contribution in [1.82, 2.24) is 19.9 Å². The number of fused-ring (bicyclic) bond motifs is 2. The summed E-state index contributed by atoms with van der Waals surface area (Å²) >= 11 is 1.54. The Bertz CT molecular complexity index is 1490. The summed E-state index contributed by atoms with van der Waals surface area (Å²) in [6.07, 6.45) is 4.74. The Balaban J connectivity index is 1.15. The highest BCUT2D eigenvalue weighted by atomic mass is 32.1. The predicted molar refractivity (Wildman–Crippen MR) is 140 cm³/mol. The Morgan fingerprint density at radius 1 is 1.22 bits per heavy atom. The number of rotatable bonds is 6. The molecule has 5 heterocycles. The number of halogens is 1. The second kappa shape index (κ2) is 9.87. The highest BCUT2D eigenvalue weighted by Gasteiger charge is 2.23. The molecule has 0 unspecified atom stereocenters. The molecule has 1 aromatic carbocycles. The van der Waals surface area contributed by atoms with Gasteiger partial charge in [-0.1, -0.05) is 12.1 Å². The molecule has 3 aromatic heterocycles. The van der Waals surface area contributed by atoms with E-state index in [1.165, 1.54) is 17.1 Å². The summed E-state index contributed by atoms with van der Waals surface area (Å²) in [6.45, 7) is 2.88. The van der Waals surface area contributed by atoms with Gasteiger partial charge in [0.1, 0.15) is 11.6 Å². The maximum absolute atomic E-state index is 13.7. The van der Waals surface area contributed by atoms with E-state index in [0.717, 1.165) is 47.7 Å². The van der Waals surface area contributed by atoms with Crippen molar-refractivity contribution in [3.63, 3.8) is 0 Å². The van der Waals surface area contributed by atoms with E-state index in [-0.39, 0.29) is 5.91 Å². The van der Waals surface area contributed by atoms with Gasteiger partial charge in [-0.05, 0) is 36.4 Å². The van der Waals surface area contributed by atoms with E-state index < -0.39 is 5.95 Å². The lowest BCUT2D eigenvalue weighted by Gasteiger charge is -2.20. The fraction of sp³-hybridized carbons (Fsp3) is 0.259. The molecule has 4 aromatic rings. The van der Waals surface area contributed by atoms with Gasteiger partial charge in [0, 0.05) is 72.5 Å². The summed E-state index contributed by atoms with van der Waals surface area (Å²) in [6, 6.07) is 10.6. The van der Waals surface area contributed by atoms with Crippen molar-refractivity contribution in [1.29, 1.82) is 0 Å². The fourth-order valence-electron chi connectivity index (χ4n) is 4.67. The number of hydrogen-bond donors (Lipinski definition) is 2. The van der Waals surface area contributed by atoms with E-state index in [1.807, 2.05) is 18.2 Å². The van der Waals surface area contributed by atoms with Crippen LogP contribution in [-0.2, 0) is 25.9 Å². The number of carbonyl (C=O) groups is 1. The number of thiazole rings is 1. The third-order valence-corrected chi connectivity index (χ3v) is 7.55. The van der Waals surface area contributed by atoms with Gasteiger partial charge in [-0.25, -0.2) is 15.0 Å². The van der Waals surface area contributed by atoms with Crippen LogP contribution in [0.15, 0.2) is 48.8 Å². The summed E-state index contributed by atoms with van der Waals surface area (Å²) in [5.41, 5.74) is 4.98. The average molecular weight is 517 g/mol. The monoisotopic (exact) mass is 516 g/mol. The number of benzene rings is 1. The second-order valence-corrected chi connectivity index (χ2v) is 10.3. The molecule has 2 aliphatic heterocycles. The van der Waals surface area contributed by atoms with Crippen LogP contribution in [0.5, 0.6) is 5.75 Å². The zero-order valence-corrected chi connectivity index (χ0v) is 21.1. The molecule has 0 aliphatic carbocycles. The van der Waals surface area contributed by atoms with Gasteiger partial charge in [0.15, 0.2) is 5.13 Å². The third-order valence-electron chi connectivity index (χ3n) is 6.56. The molecule has 10 heteroatoms. The van der Waals surface area contributed by atoms with Crippen molar-refractivity contribution >= 4 is 28.2 Å². The van der Waals surface area contributed by atoms with Gasteiger partial charge in [-0.3, -0.25) is 10.1 Å². The number of pyridine rings is 2. The molecule has 0 radical (unpaired) electrons. The van der Waals surface area contributed by atoms with Crippen LogP contribution in [0.2, 0.25) is 0 Å². The van der Waals surface area contributed by atoms with Crippen LogP contribution in [0, 0.1) is 5.95 Å². The number of nitrogens with one attached hydrogen (secondary N) is 2. The van der Waals surface area contributed by atoms with Crippen molar-refractivity contribution in [3.8, 4) is 16.9 Å². The summed E-state index contributed by atoms with van der Waals surface area (Å²) in [7, 11) is 2.09. The third kappa shape index (κ3) is 4.90. The van der Waals surface area contributed by atoms with Crippen LogP contribution in [0.25, 0.3) is 11.1 Å². The summed E-state index contributed by atoms with van der Waals surface area (Å²) in [5.74, 6) is 0.715. The number of hydrogen-bond acceptors (Lipinski definition) is 8. The molecule has 0 saturated carbocycles. The van der Waals surface area contributed by atoms with E-state index in [9.17, 15) is 9.18 Å². The van der Waals surface area contributed by atoms with Crippen molar-refractivity contribution in [2.45, 2.75) is 25.9 Å². The first kappa shape index (κ1) is 23.5. The average Bonchev–Trinajstić information content (AvgIpc) is 3.54. The zero-order chi connectivity index (χ0) is 25.4. The molecule has 0 fully saturated rings. The van der Waals surface area contributed by atoms with Gasteiger partial charge in [-0.15, -0.1) is 11.3 Å². The minimum Gasteiger partial charge on any atom is -0.492 e. The van der Waals surface area contributed by atoms with Crippen LogP contribution < -0.4 is 15.4 Å². The lowest BCUT2D eigenvalue weighted by atomic mass is 10.0. The number of ether oxygens (including phenoxy) is 1. The Kier molecular flexibility index (Phi) is 6.27. The van der Waals surface area contributed by atoms with E-state index in [4.69, 9.17) is 4.74 Å². The zero-order valence-electron chi connectivity index (χ0n) is 20.3. The first-order chi connectivity index (χ1) is 18.0. The molecule has 2 N–H and O–H groups in total. The molecule has 0 saturated heterocycles. The molecule has 37 heavy (non-hydrogen) atoms. The predicted octanol–water partition coefficient (Wildman–Crippen LogP) is 4.53. The Morgan fingerprint density at radius 2 is 2.14 bits per heavy atom. The highest BCUT2D eigenvalue weighted by Crippen LogP contribution is 2.39. The minimum atomic E-state index is -0.544. The van der Waals surface area contributed by atoms with Crippen molar-refractivity contribution in [2.75, 3.05) is 30.8 Å². The molecule has 0 atom stereocenters.